The number of furan rings is 2. The number of benzene rings is 16. The van der Waals surface area contributed by atoms with Crippen molar-refractivity contribution in [3.05, 3.63) is 345 Å². The summed E-state index contributed by atoms with van der Waals surface area (Å²) in [4.78, 5) is 2.47. The van der Waals surface area contributed by atoms with E-state index in [4.69, 9.17) is 8.83 Å². The Labute approximate surface area is 602 Å². The first-order chi connectivity index (χ1) is 50.9. The molecule has 104 heavy (non-hydrogen) atoms. The average molecular weight is 1330 g/mol. The Kier molecular flexibility index (Phi) is 13.0. The van der Waals surface area contributed by atoms with Gasteiger partial charge in [-0.3, -0.25) is 0 Å². The highest BCUT2D eigenvalue weighted by atomic mass is 16.3. The third-order valence-electron chi connectivity index (χ3n) is 22.7. The summed E-state index contributed by atoms with van der Waals surface area (Å²) in [5.41, 5.74) is 25.0. The second kappa shape index (κ2) is 22.6. The lowest BCUT2D eigenvalue weighted by atomic mass is 9.82. The van der Waals surface area contributed by atoms with E-state index in [1.54, 1.807) is 0 Å². The molecule has 17 aromatic carbocycles. The van der Waals surface area contributed by atoms with Crippen LogP contribution in [0, 0.1) is 0 Å². The Bertz CT molecular complexity index is 6980. The Balaban J connectivity index is 0.847. The predicted molar refractivity (Wildman–Crippen MR) is 437 cm³/mol. The molecule has 0 radical (unpaired) electrons. The molecule has 0 saturated carbocycles. The van der Waals surface area contributed by atoms with Gasteiger partial charge in [0, 0.05) is 71.9 Å². The van der Waals surface area contributed by atoms with Crippen molar-refractivity contribution in [2.45, 2.75) is 45.4 Å². The van der Waals surface area contributed by atoms with E-state index in [0.717, 1.165) is 138 Å². The van der Waals surface area contributed by atoms with E-state index in [2.05, 4.69) is 372 Å². The van der Waals surface area contributed by atoms with Crippen LogP contribution in [-0.4, -0.2) is 0 Å². The zero-order valence-electron chi connectivity index (χ0n) is 58.4. The minimum Gasteiger partial charge on any atom is -0.455 e. The molecule has 0 N–H and O–H groups in total. The second-order valence-electron chi connectivity index (χ2n) is 30.1. The lowest BCUT2D eigenvalue weighted by Gasteiger charge is -2.28. The van der Waals surface area contributed by atoms with Gasteiger partial charge in [0.25, 0.3) is 0 Å². The van der Waals surface area contributed by atoms with Crippen LogP contribution in [0.5, 0.6) is 0 Å². The van der Waals surface area contributed by atoms with Crippen LogP contribution in [0.25, 0.3) is 181 Å². The highest BCUT2D eigenvalue weighted by Gasteiger charge is 2.36. The molecule has 0 aliphatic heterocycles. The van der Waals surface area contributed by atoms with Gasteiger partial charge in [-0.1, -0.05) is 277 Å². The second-order valence-corrected chi connectivity index (χ2v) is 30.1. The molecule has 20 aromatic rings. The normalized spacial score (nSPS) is 12.9. The molecule has 1 aliphatic carbocycles. The van der Waals surface area contributed by atoms with Crippen molar-refractivity contribution in [2.75, 3.05) is 4.90 Å². The Morgan fingerprint density at radius 1 is 0.308 bits per heavy atom. The van der Waals surface area contributed by atoms with E-state index in [1.165, 1.54) is 77.0 Å². The molecule has 0 amide bonds. The zero-order chi connectivity index (χ0) is 69.3. The summed E-state index contributed by atoms with van der Waals surface area (Å²) in [5, 5.41) is 18.1. The maximum absolute atomic E-state index is 7.98. The maximum atomic E-state index is 7.98. The number of anilines is 3. The average Bonchev–Trinajstić information content (AvgIpc) is 1.51. The highest BCUT2D eigenvalue weighted by molar-refractivity contribution is 6.38. The number of nitrogens with zero attached hydrogens (tertiary/aromatic N) is 2. The van der Waals surface area contributed by atoms with Crippen molar-refractivity contribution in [1.82, 2.24) is 0 Å². The van der Waals surface area contributed by atoms with Gasteiger partial charge in [-0.2, -0.15) is 4.57 Å². The number of hydrogen-bond acceptors (Lipinski definition) is 3. The molecule has 0 unspecified atom stereocenters. The van der Waals surface area contributed by atoms with Gasteiger partial charge < -0.3 is 13.7 Å². The highest BCUT2D eigenvalue weighted by Crippen LogP contribution is 2.55. The Hall–Kier alpha value is -12.9. The number of rotatable bonds is 9. The lowest BCUT2D eigenvalue weighted by Crippen LogP contribution is -2.29. The molecule has 21 rings (SSSR count). The number of hydrogen-bond donors (Lipinski definition) is 0. The fourth-order valence-corrected chi connectivity index (χ4v) is 17.8. The van der Waals surface area contributed by atoms with Gasteiger partial charge in [-0.05, 0) is 181 Å². The molecule has 490 valence electrons. The fourth-order valence-electron chi connectivity index (χ4n) is 17.8. The zero-order valence-corrected chi connectivity index (χ0v) is 58.4. The third kappa shape index (κ3) is 9.07. The fraction of sp³-hybridized carbons (Fsp3) is 0.0700. The first-order valence-electron chi connectivity index (χ1n) is 36.3. The molecular weight excluding hydrogens is 1260 g/mol. The van der Waals surface area contributed by atoms with Crippen molar-refractivity contribution >= 4 is 126 Å². The monoisotopic (exact) mass is 1330 g/mol. The Morgan fingerprint density at radius 2 is 0.894 bits per heavy atom. The van der Waals surface area contributed by atoms with E-state index in [9.17, 15) is 0 Å². The molecule has 4 heteroatoms. The van der Waals surface area contributed by atoms with Crippen LogP contribution in [0.1, 0.15) is 51.3 Å². The smallest absolute Gasteiger partial charge is 0.215 e. The van der Waals surface area contributed by atoms with Gasteiger partial charge in [0.15, 0.2) is 18.0 Å². The number of aromatic nitrogens is 1. The van der Waals surface area contributed by atoms with Crippen molar-refractivity contribution in [1.29, 1.82) is 0 Å². The molecule has 4 nitrogen and oxygen atoms in total. The summed E-state index contributed by atoms with van der Waals surface area (Å²) in [6, 6.07) is 117. The molecule has 0 spiro atoms. The lowest BCUT2D eigenvalue weighted by molar-refractivity contribution is -0.594. The van der Waals surface area contributed by atoms with E-state index < -0.39 is 0 Å². The SMILES string of the molecule is CC(C)(C)c1ccc2c3cc(-c4cccc(-c5ccccc5-c5ccc6c(c5)-c5ccccc5C6(C)C)c4)cc4oc5c(N(c6cccc(-c7ccccc7)c6)c6cc7ccccc7c7ccccc67)ccc(c6cc(-[n+]7ccc8c(ccc9cccc(-c%10ccccc%10)c98)c7)cc7oc1c2c76)c5c43. The van der Waals surface area contributed by atoms with Gasteiger partial charge in [0.2, 0.25) is 5.69 Å². The van der Waals surface area contributed by atoms with Gasteiger partial charge in [0.1, 0.15) is 16.7 Å². The molecule has 3 aromatic heterocycles. The van der Waals surface area contributed by atoms with Crippen LogP contribution < -0.4 is 9.47 Å². The standard InChI is InChI=1S/C100H69N2O2/c1-99(2,3)87-47-44-80-83-54-69(63-29-20-31-65(51-63)72-33-14-15-34-73(72)67-43-46-86-82(53-67)78-37-18-19-40-85(78)100(86,4)5)56-90-93(83)96-81(84-57-71(58-91-94(84)95(80)97(87)103-91)101-50-49-76-68(59-101)42-41-62-28-22-39-75(92(62)76)61-25-10-7-11-26-61)45-48-88(98(96)104-90)102(70-32-21-30-64(52-70)60-23-8-6-9-24-60)89-55-66-27-12-13-35-74(66)77-36-16-17-38-79(77)89/h6-59H,1-5H3/q+1. The van der Waals surface area contributed by atoms with Crippen LogP contribution in [-0.2, 0) is 10.8 Å². The molecular formula is C100H69N2O2+. The van der Waals surface area contributed by atoms with Crippen molar-refractivity contribution < 1.29 is 13.4 Å². The number of fused-ring (bicyclic) bond motifs is 11. The molecule has 0 fully saturated rings. The van der Waals surface area contributed by atoms with Crippen LogP contribution in [0.4, 0.5) is 17.1 Å². The summed E-state index contributed by atoms with van der Waals surface area (Å²) in [5.74, 6) is 0. The first-order valence-corrected chi connectivity index (χ1v) is 36.3. The summed E-state index contributed by atoms with van der Waals surface area (Å²) in [7, 11) is 0. The molecule has 3 heterocycles. The van der Waals surface area contributed by atoms with Gasteiger partial charge in [-0.25, -0.2) is 0 Å². The van der Waals surface area contributed by atoms with E-state index >= 15 is 0 Å². The third-order valence-corrected chi connectivity index (χ3v) is 22.7. The molecule has 0 atom stereocenters. The molecule has 1 aliphatic rings. The van der Waals surface area contributed by atoms with Crippen LogP contribution in [0.15, 0.2) is 337 Å². The topological polar surface area (TPSA) is 33.4 Å². The first kappa shape index (κ1) is 59.9. The molecule has 0 saturated heterocycles. The van der Waals surface area contributed by atoms with Crippen LogP contribution in [0.2, 0.25) is 0 Å². The minimum atomic E-state index is -0.259. The summed E-state index contributed by atoms with van der Waals surface area (Å²) < 4.78 is 17.9. The van der Waals surface area contributed by atoms with Crippen molar-refractivity contribution in [2.24, 2.45) is 0 Å². The molecule has 0 bridgehead atoms. The summed E-state index contributed by atoms with van der Waals surface area (Å²) >= 11 is 0. The number of pyridine rings is 1. The summed E-state index contributed by atoms with van der Waals surface area (Å²) in [6.45, 7) is 11.6. The van der Waals surface area contributed by atoms with Crippen molar-refractivity contribution in [3.63, 3.8) is 0 Å². The van der Waals surface area contributed by atoms with E-state index in [0.29, 0.717) is 0 Å². The minimum absolute atomic E-state index is 0.0833. The van der Waals surface area contributed by atoms with E-state index in [1.807, 2.05) is 0 Å². The Morgan fingerprint density at radius 3 is 1.69 bits per heavy atom. The van der Waals surface area contributed by atoms with Crippen molar-refractivity contribution in [3.8, 4) is 72.4 Å². The predicted octanol–water partition coefficient (Wildman–Crippen LogP) is 27.5. The van der Waals surface area contributed by atoms with Crippen LogP contribution >= 0.6 is 0 Å². The largest absolute Gasteiger partial charge is 0.455 e. The van der Waals surface area contributed by atoms with Gasteiger partial charge in [0.05, 0.1) is 17.4 Å². The maximum Gasteiger partial charge on any atom is 0.215 e. The van der Waals surface area contributed by atoms with Gasteiger partial charge in [-0.15, -0.1) is 0 Å². The van der Waals surface area contributed by atoms with Gasteiger partial charge >= 0.3 is 0 Å². The quantitative estimate of drug-likeness (QED) is 0.107. The van der Waals surface area contributed by atoms with Crippen LogP contribution in [0.3, 0.4) is 0 Å². The summed E-state index contributed by atoms with van der Waals surface area (Å²) in [6.07, 6.45) is 4.53. The van der Waals surface area contributed by atoms with E-state index in [-0.39, 0.29) is 10.8 Å².